The first-order valence-electron chi connectivity index (χ1n) is 17.5. The van der Waals surface area contributed by atoms with Crippen molar-refractivity contribution in [2.24, 2.45) is 17.6 Å². The highest BCUT2D eigenvalue weighted by atomic mass is 35.5. The summed E-state index contributed by atoms with van der Waals surface area (Å²) in [6, 6.07) is 19.8. The van der Waals surface area contributed by atoms with Gasteiger partial charge >= 0.3 is 5.97 Å². The minimum atomic E-state index is -0.913. The summed E-state index contributed by atoms with van der Waals surface area (Å²) in [6.45, 7) is 6.45. The minimum absolute atomic E-state index is 0. The Bertz CT molecular complexity index is 1830. The topological polar surface area (TPSA) is 192 Å². The predicted octanol–water partition coefficient (Wildman–Crippen LogP) is 5.46. The number of aliphatic carboxylic acids is 1. The molecule has 1 fully saturated rings. The molecule has 1 aromatic heterocycles. The van der Waals surface area contributed by atoms with Crippen LogP contribution in [0.5, 0.6) is 0 Å². The fourth-order valence-corrected chi connectivity index (χ4v) is 6.40. The molecule has 12 nitrogen and oxygen atoms in total. The van der Waals surface area contributed by atoms with Crippen molar-refractivity contribution in [1.29, 1.82) is 0 Å². The molecule has 7 N–H and O–H groups in total. The fourth-order valence-electron chi connectivity index (χ4n) is 6.40. The van der Waals surface area contributed by atoms with Crippen LogP contribution in [0.4, 0.5) is 5.69 Å². The molecule has 1 atom stereocenters. The van der Waals surface area contributed by atoms with Crippen LogP contribution in [0.15, 0.2) is 66.7 Å². The van der Waals surface area contributed by atoms with Gasteiger partial charge in [0.2, 0.25) is 11.8 Å². The maximum atomic E-state index is 13.8. The number of benzene rings is 3. The molecule has 52 heavy (non-hydrogen) atoms. The van der Waals surface area contributed by atoms with Crippen molar-refractivity contribution in [2.75, 3.05) is 11.9 Å². The smallest absolute Gasteiger partial charge is 0.303 e. The second kappa shape index (κ2) is 18.4. The molecule has 0 bridgehead atoms. The average Bonchev–Trinajstić information content (AvgIpc) is 3.60. The van der Waals surface area contributed by atoms with E-state index >= 15 is 0 Å². The maximum absolute atomic E-state index is 13.8. The number of carboxylic acid groups (broad SMARTS) is 1. The highest BCUT2D eigenvalue weighted by Gasteiger charge is 2.29. The van der Waals surface area contributed by atoms with Gasteiger partial charge in [-0.2, -0.15) is 0 Å². The molecular formula is C39H48ClN7O5. The standard InChI is InChI=1S/C39H47N7O5.ClH/c1-23(2)41-38(50)30-14-17-32(24(3)20-30)27-8-4-25(5-9-27)21-33(43-37(49)29-10-6-26(22-40)7-11-29)39(51)42-31-15-12-28(13-16-31)36-44-34(45-46-36)18-19-35(47)48;/h4-5,8-9,12-17,20,23,26,29,33H,6-7,10-11,18-19,21-22,40H2,1-3H3,(H,41,50)(H,42,51)(H,43,49)(H,47,48)(H,44,45,46);1H/t26-,29-,33-;/m0./s1. The Labute approximate surface area is 310 Å². The van der Waals surface area contributed by atoms with Crippen molar-refractivity contribution in [3.63, 3.8) is 0 Å². The van der Waals surface area contributed by atoms with Gasteiger partial charge in [0, 0.05) is 41.6 Å². The number of aromatic nitrogens is 3. The van der Waals surface area contributed by atoms with E-state index < -0.39 is 12.0 Å². The Morgan fingerprint density at radius 2 is 1.58 bits per heavy atom. The number of H-pyrrole nitrogens is 1. The van der Waals surface area contributed by atoms with E-state index in [4.69, 9.17) is 10.8 Å². The highest BCUT2D eigenvalue weighted by Crippen LogP contribution is 2.29. The molecular weight excluding hydrogens is 682 g/mol. The number of anilines is 1. The van der Waals surface area contributed by atoms with E-state index in [2.05, 4.69) is 31.1 Å². The van der Waals surface area contributed by atoms with Crippen molar-refractivity contribution in [2.45, 2.75) is 77.8 Å². The summed E-state index contributed by atoms with van der Waals surface area (Å²) >= 11 is 0. The summed E-state index contributed by atoms with van der Waals surface area (Å²) in [6.07, 6.45) is 3.77. The van der Waals surface area contributed by atoms with E-state index in [0.29, 0.717) is 41.8 Å². The first-order valence-corrected chi connectivity index (χ1v) is 17.5. The van der Waals surface area contributed by atoms with E-state index in [9.17, 15) is 19.2 Å². The van der Waals surface area contributed by atoms with E-state index in [1.165, 1.54) is 0 Å². The van der Waals surface area contributed by atoms with Crippen molar-refractivity contribution >= 4 is 41.8 Å². The van der Waals surface area contributed by atoms with Gasteiger partial charge in [0.05, 0.1) is 6.42 Å². The van der Waals surface area contributed by atoms with Gasteiger partial charge in [0.25, 0.3) is 5.91 Å². The van der Waals surface area contributed by atoms with E-state index in [1.807, 2.05) is 63.2 Å². The molecule has 1 aliphatic carbocycles. The molecule has 1 saturated carbocycles. The number of hydrogen-bond acceptors (Lipinski definition) is 7. The zero-order valence-electron chi connectivity index (χ0n) is 29.8. The van der Waals surface area contributed by atoms with Gasteiger partial charge in [-0.25, -0.2) is 0 Å². The number of carbonyl (C=O) groups is 4. The van der Waals surface area contributed by atoms with Crippen molar-refractivity contribution in [3.8, 4) is 22.5 Å². The summed E-state index contributed by atoms with van der Waals surface area (Å²) < 4.78 is 0. The molecule has 276 valence electrons. The van der Waals surface area contributed by atoms with Crippen molar-refractivity contribution < 1.29 is 24.3 Å². The molecule has 0 radical (unpaired) electrons. The van der Waals surface area contributed by atoms with E-state index in [1.54, 1.807) is 24.3 Å². The van der Waals surface area contributed by atoms with Gasteiger partial charge in [-0.05, 0) is 118 Å². The van der Waals surface area contributed by atoms with Crippen molar-refractivity contribution in [1.82, 2.24) is 25.8 Å². The number of rotatable bonds is 14. The Morgan fingerprint density at radius 3 is 2.19 bits per heavy atom. The number of carbonyl (C=O) groups excluding carboxylic acids is 3. The number of aromatic amines is 1. The van der Waals surface area contributed by atoms with E-state index in [0.717, 1.165) is 53.5 Å². The van der Waals surface area contributed by atoms with Gasteiger partial charge in [0.1, 0.15) is 11.9 Å². The molecule has 4 aromatic rings. The van der Waals surface area contributed by atoms with Crippen LogP contribution in [0, 0.1) is 18.8 Å². The van der Waals surface area contributed by atoms with Crippen LogP contribution in [0.25, 0.3) is 22.5 Å². The van der Waals surface area contributed by atoms with Crippen LogP contribution in [0.1, 0.15) is 73.3 Å². The van der Waals surface area contributed by atoms with Crippen LogP contribution in [-0.4, -0.2) is 62.6 Å². The predicted molar refractivity (Wildman–Crippen MR) is 203 cm³/mol. The molecule has 13 heteroatoms. The summed E-state index contributed by atoms with van der Waals surface area (Å²) in [7, 11) is 0. The van der Waals surface area contributed by atoms with E-state index in [-0.39, 0.29) is 54.9 Å². The third-order valence-corrected chi connectivity index (χ3v) is 9.33. The Hall–Kier alpha value is -5.07. The number of hydrogen-bond donors (Lipinski definition) is 6. The maximum Gasteiger partial charge on any atom is 0.303 e. The van der Waals surface area contributed by atoms with Crippen LogP contribution < -0.4 is 21.7 Å². The molecule has 5 rings (SSSR count). The minimum Gasteiger partial charge on any atom is -0.481 e. The lowest BCUT2D eigenvalue weighted by molar-refractivity contribution is -0.137. The largest absolute Gasteiger partial charge is 0.481 e. The molecule has 0 aliphatic heterocycles. The summed E-state index contributed by atoms with van der Waals surface area (Å²) in [5, 5.41) is 26.0. The zero-order chi connectivity index (χ0) is 36.5. The quantitative estimate of drug-likeness (QED) is 0.0986. The number of carboxylic acids is 1. The van der Waals surface area contributed by atoms with Gasteiger partial charge in [-0.1, -0.05) is 30.3 Å². The Balaban J connectivity index is 0.00000605. The summed E-state index contributed by atoms with van der Waals surface area (Å²) in [4.78, 5) is 53.6. The monoisotopic (exact) mass is 729 g/mol. The Kier molecular flexibility index (Phi) is 14.1. The molecule has 0 spiro atoms. The molecule has 3 amide bonds. The van der Waals surface area contributed by atoms with Crippen LogP contribution in [0.3, 0.4) is 0 Å². The molecule has 1 heterocycles. The number of amides is 3. The first kappa shape index (κ1) is 39.7. The lowest BCUT2D eigenvalue weighted by atomic mass is 9.81. The average molecular weight is 730 g/mol. The lowest BCUT2D eigenvalue weighted by Gasteiger charge is -2.28. The Morgan fingerprint density at radius 1 is 0.904 bits per heavy atom. The van der Waals surface area contributed by atoms with Gasteiger partial charge < -0.3 is 31.8 Å². The fraction of sp³-hybridized carbons (Fsp3) is 0.385. The highest BCUT2D eigenvalue weighted by molar-refractivity contribution is 5.98. The third-order valence-electron chi connectivity index (χ3n) is 9.33. The number of nitrogens with two attached hydrogens (primary N) is 1. The normalized spacial score (nSPS) is 16.0. The third kappa shape index (κ3) is 10.7. The molecule has 3 aromatic carbocycles. The number of aryl methyl sites for hydroxylation is 2. The second-order valence-corrected chi connectivity index (χ2v) is 13.7. The summed E-state index contributed by atoms with van der Waals surface area (Å²) in [5.74, 6) is -0.245. The number of nitrogens with one attached hydrogen (secondary N) is 4. The zero-order valence-corrected chi connectivity index (χ0v) is 30.6. The van der Waals surface area contributed by atoms with Crippen LogP contribution >= 0.6 is 12.4 Å². The van der Waals surface area contributed by atoms with Gasteiger partial charge in [-0.3, -0.25) is 19.2 Å². The van der Waals surface area contributed by atoms with Crippen molar-refractivity contribution in [3.05, 3.63) is 89.2 Å². The summed E-state index contributed by atoms with van der Waals surface area (Å²) in [5.41, 5.74) is 11.6. The molecule has 0 saturated heterocycles. The van der Waals surface area contributed by atoms with Crippen LogP contribution in [0.2, 0.25) is 0 Å². The van der Waals surface area contributed by atoms with Gasteiger partial charge in [-0.15, -0.1) is 22.6 Å². The van der Waals surface area contributed by atoms with Gasteiger partial charge in [0.15, 0.2) is 5.82 Å². The first-order chi connectivity index (χ1) is 24.5. The molecule has 0 unspecified atom stereocenters. The second-order valence-electron chi connectivity index (χ2n) is 13.7. The van der Waals surface area contributed by atoms with Crippen LogP contribution in [-0.2, 0) is 27.2 Å². The number of nitrogens with zero attached hydrogens (tertiary/aromatic N) is 2. The number of halogens is 1. The molecule has 1 aliphatic rings. The lowest BCUT2D eigenvalue weighted by Crippen LogP contribution is -2.48. The SMILES string of the molecule is Cc1cc(C(=O)NC(C)C)ccc1-c1ccc(C[C@H](NC(=O)[C@H]2CC[C@H](CN)CC2)C(=O)Nc2ccc(-c3nnc(CCC(=O)O)[nH]3)cc2)cc1.Cl.